The van der Waals surface area contributed by atoms with Crippen LogP contribution < -0.4 is 0 Å². The average Bonchev–Trinajstić information content (AvgIpc) is 2.46. The quantitative estimate of drug-likeness (QED) is 0.494. The van der Waals surface area contributed by atoms with Crippen LogP contribution in [0.4, 0.5) is 0 Å². The Hall–Kier alpha value is 0.230. The Morgan fingerprint density at radius 1 is 1.00 bits per heavy atom. The van der Waals surface area contributed by atoms with Crippen molar-refractivity contribution in [1.29, 1.82) is 0 Å². The van der Waals surface area contributed by atoms with Crippen LogP contribution in [0.2, 0.25) is 0 Å². The minimum atomic E-state index is 0.433. The van der Waals surface area contributed by atoms with E-state index in [2.05, 4.69) is 17.5 Å². The summed E-state index contributed by atoms with van der Waals surface area (Å²) in [6, 6.07) is 0. The molecule has 4 heteroatoms. The minimum absolute atomic E-state index is 0.433. The van der Waals surface area contributed by atoms with Crippen LogP contribution in [-0.2, 0) is 9.47 Å². The molecule has 1 aliphatic rings. The molecule has 0 heterocycles. The van der Waals surface area contributed by atoms with E-state index in [-0.39, 0.29) is 0 Å². The molecule has 0 amide bonds. The van der Waals surface area contributed by atoms with Crippen molar-refractivity contribution in [2.45, 2.75) is 38.5 Å². The van der Waals surface area contributed by atoms with Gasteiger partial charge in [-0.15, -0.1) is 0 Å². The van der Waals surface area contributed by atoms with Crippen LogP contribution in [0.15, 0.2) is 0 Å². The standard InChI is InChI=1S/C15H31NO2S/c1-17-11-6-9-16(10-12-18-2)13-15(14-19)7-4-3-5-8-15/h19H,3-14H2,1-2H3. The molecule has 19 heavy (non-hydrogen) atoms. The second-order valence-electron chi connectivity index (χ2n) is 5.83. The SMILES string of the molecule is COCCCN(CCOC)CC1(CS)CCCCC1. The van der Waals surface area contributed by atoms with E-state index in [1.54, 1.807) is 14.2 Å². The predicted octanol–water partition coefficient (Wildman–Crippen LogP) is 2.85. The van der Waals surface area contributed by atoms with Crippen LogP contribution in [-0.4, -0.2) is 57.7 Å². The summed E-state index contributed by atoms with van der Waals surface area (Å²) in [5.74, 6) is 1.01. The maximum absolute atomic E-state index is 5.24. The van der Waals surface area contributed by atoms with Crippen molar-refractivity contribution in [3.63, 3.8) is 0 Å². The first kappa shape index (κ1) is 17.3. The third kappa shape index (κ3) is 6.48. The zero-order valence-electron chi connectivity index (χ0n) is 12.7. The second kappa shape index (κ2) is 10.0. The first-order valence-electron chi connectivity index (χ1n) is 7.57. The van der Waals surface area contributed by atoms with E-state index in [0.717, 1.165) is 38.5 Å². The van der Waals surface area contributed by atoms with Gasteiger partial charge < -0.3 is 14.4 Å². The van der Waals surface area contributed by atoms with Crippen molar-refractivity contribution in [2.24, 2.45) is 5.41 Å². The van der Waals surface area contributed by atoms with E-state index in [9.17, 15) is 0 Å². The van der Waals surface area contributed by atoms with Gasteiger partial charge in [-0.25, -0.2) is 0 Å². The molecule has 0 aromatic rings. The number of hydrogen-bond donors (Lipinski definition) is 1. The molecule has 0 N–H and O–H groups in total. The van der Waals surface area contributed by atoms with Gasteiger partial charge in [0.15, 0.2) is 0 Å². The lowest BCUT2D eigenvalue weighted by Gasteiger charge is -2.40. The molecular weight excluding hydrogens is 258 g/mol. The summed E-state index contributed by atoms with van der Waals surface area (Å²) in [7, 11) is 3.55. The van der Waals surface area contributed by atoms with Gasteiger partial charge in [0.25, 0.3) is 0 Å². The molecule has 1 fully saturated rings. The number of thiol groups is 1. The molecule has 1 aliphatic carbocycles. The monoisotopic (exact) mass is 289 g/mol. The van der Waals surface area contributed by atoms with E-state index in [1.165, 1.54) is 38.6 Å². The molecule has 0 aliphatic heterocycles. The van der Waals surface area contributed by atoms with Crippen LogP contribution in [0.3, 0.4) is 0 Å². The lowest BCUT2D eigenvalue weighted by Crippen LogP contribution is -2.42. The topological polar surface area (TPSA) is 21.7 Å². The number of nitrogens with zero attached hydrogens (tertiary/aromatic N) is 1. The summed E-state index contributed by atoms with van der Waals surface area (Å²) in [6.07, 6.45) is 7.92. The Morgan fingerprint density at radius 2 is 1.68 bits per heavy atom. The highest BCUT2D eigenvalue weighted by Gasteiger charge is 2.32. The minimum Gasteiger partial charge on any atom is -0.385 e. The normalized spacial score (nSPS) is 18.9. The molecule has 1 rings (SSSR count). The molecule has 114 valence electrons. The van der Waals surface area contributed by atoms with Crippen molar-refractivity contribution in [1.82, 2.24) is 4.90 Å². The molecule has 0 saturated heterocycles. The van der Waals surface area contributed by atoms with E-state index >= 15 is 0 Å². The smallest absolute Gasteiger partial charge is 0.0589 e. The van der Waals surface area contributed by atoms with Gasteiger partial charge in [-0.1, -0.05) is 19.3 Å². The summed E-state index contributed by atoms with van der Waals surface area (Å²) in [5.41, 5.74) is 0.433. The van der Waals surface area contributed by atoms with Gasteiger partial charge in [0.2, 0.25) is 0 Å². The molecular formula is C15H31NO2S. The molecule has 0 atom stereocenters. The molecule has 3 nitrogen and oxygen atoms in total. The van der Waals surface area contributed by atoms with Crippen molar-refractivity contribution in [2.75, 3.05) is 52.8 Å². The fraction of sp³-hybridized carbons (Fsp3) is 1.00. The zero-order valence-corrected chi connectivity index (χ0v) is 13.6. The van der Waals surface area contributed by atoms with Crippen molar-refractivity contribution < 1.29 is 9.47 Å². The summed E-state index contributed by atoms with van der Waals surface area (Å²) < 4.78 is 10.4. The lowest BCUT2D eigenvalue weighted by atomic mass is 9.75. The van der Waals surface area contributed by atoms with E-state index in [1.807, 2.05) is 0 Å². The van der Waals surface area contributed by atoms with Gasteiger partial charge in [-0.2, -0.15) is 12.6 Å². The number of ether oxygens (including phenoxy) is 2. The van der Waals surface area contributed by atoms with Crippen LogP contribution in [0.1, 0.15) is 38.5 Å². The average molecular weight is 289 g/mol. The largest absolute Gasteiger partial charge is 0.385 e. The highest BCUT2D eigenvalue weighted by molar-refractivity contribution is 7.80. The fourth-order valence-corrected chi connectivity index (χ4v) is 3.48. The second-order valence-corrected chi connectivity index (χ2v) is 6.15. The summed E-state index contributed by atoms with van der Waals surface area (Å²) in [6.45, 7) is 4.96. The Kier molecular flexibility index (Phi) is 9.12. The third-order valence-corrected chi connectivity index (χ3v) is 4.91. The Bertz CT molecular complexity index is 220. The first-order valence-corrected chi connectivity index (χ1v) is 8.21. The first-order chi connectivity index (χ1) is 9.26. The Morgan fingerprint density at radius 3 is 2.26 bits per heavy atom. The zero-order chi connectivity index (χ0) is 14.0. The number of hydrogen-bond acceptors (Lipinski definition) is 4. The van der Waals surface area contributed by atoms with Gasteiger partial charge in [-0.3, -0.25) is 0 Å². The van der Waals surface area contributed by atoms with Crippen LogP contribution in [0, 0.1) is 5.41 Å². The molecule has 0 aromatic heterocycles. The van der Waals surface area contributed by atoms with Crippen molar-refractivity contribution >= 4 is 12.6 Å². The van der Waals surface area contributed by atoms with Crippen LogP contribution in [0.25, 0.3) is 0 Å². The van der Waals surface area contributed by atoms with Crippen molar-refractivity contribution in [3.05, 3.63) is 0 Å². The Labute approximate surface area is 124 Å². The van der Waals surface area contributed by atoms with E-state index in [4.69, 9.17) is 9.47 Å². The van der Waals surface area contributed by atoms with Gasteiger partial charge in [0.05, 0.1) is 6.61 Å². The number of methoxy groups -OCH3 is 2. The molecule has 0 radical (unpaired) electrons. The predicted molar refractivity (Wildman–Crippen MR) is 84.2 cm³/mol. The van der Waals surface area contributed by atoms with Crippen LogP contribution in [0.5, 0.6) is 0 Å². The highest BCUT2D eigenvalue weighted by atomic mass is 32.1. The third-order valence-electron chi connectivity index (χ3n) is 4.24. The van der Waals surface area contributed by atoms with E-state index in [0.29, 0.717) is 5.41 Å². The van der Waals surface area contributed by atoms with Gasteiger partial charge in [0.1, 0.15) is 0 Å². The highest BCUT2D eigenvalue weighted by Crippen LogP contribution is 2.38. The summed E-state index contributed by atoms with van der Waals surface area (Å²) in [4.78, 5) is 2.55. The number of rotatable bonds is 10. The molecule has 0 bridgehead atoms. The fourth-order valence-electron chi connectivity index (χ4n) is 3.07. The van der Waals surface area contributed by atoms with Crippen molar-refractivity contribution in [3.8, 4) is 0 Å². The summed E-state index contributed by atoms with van der Waals surface area (Å²) >= 11 is 4.64. The molecule has 0 unspecified atom stereocenters. The Balaban J connectivity index is 2.47. The van der Waals surface area contributed by atoms with E-state index < -0.39 is 0 Å². The maximum Gasteiger partial charge on any atom is 0.0589 e. The van der Waals surface area contributed by atoms with Gasteiger partial charge in [0, 0.05) is 40.5 Å². The van der Waals surface area contributed by atoms with Crippen LogP contribution >= 0.6 is 12.6 Å². The maximum atomic E-state index is 5.24. The summed E-state index contributed by atoms with van der Waals surface area (Å²) in [5, 5.41) is 0. The molecule has 0 spiro atoms. The molecule has 1 saturated carbocycles. The van der Waals surface area contributed by atoms with Gasteiger partial charge >= 0.3 is 0 Å². The molecule has 0 aromatic carbocycles. The van der Waals surface area contributed by atoms with Gasteiger partial charge in [-0.05, 0) is 30.4 Å². The lowest BCUT2D eigenvalue weighted by molar-refractivity contribution is 0.0852.